The van der Waals surface area contributed by atoms with Crippen molar-refractivity contribution in [2.45, 2.75) is 70.7 Å². The number of nitrogens with zero attached hydrogens (tertiary/aromatic N) is 2. The van der Waals surface area contributed by atoms with Crippen molar-refractivity contribution in [3.8, 4) is 11.5 Å². The number of aliphatic hydroxyl groups excluding tert-OH is 1. The number of aliphatic hydroxyl groups is 1. The molecule has 2 aromatic rings. The number of benzene rings is 2. The minimum atomic E-state index is -0.892. The first kappa shape index (κ1) is 29.0. The number of carbonyl (C=O) groups is 2. The van der Waals surface area contributed by atoms with Gasteiger partial charge in [0.05, 0.1) is 6.10 Å². The monoisotopic (exact) mass is 529 g/mol. The maximum atomic E-state index is 13.5. The van der Waals surface area contributed by atoms with Gasteiger partial charge in [0, 0.05) is 26.2 Å². The Kier molecular flexibility index (Phi) is 9.99. The Morgan fingerprint density at radius 1 is 1.03 bits per heavy atom. The first-order chi connectivity index (χ1) is 17.3. The highest BCUT2D eigenvalue weighted by Gasteiger charge is 2.54. The van der Waals surface area contributed by atoms with Crippen LogP contribution >= 0.6 is 12.4 Å². The Morgan fingerprint density at radius 3 is 2.24 bits per heavy atom. The van der Waals surface area contributed by atoms with Gasteiger partial charge >= 0.3 is 0 Å². The summed E-state index contributed by atoms with van der Waals surface area (Å²) in [6.07, 6.45) is 2.07. The Bertz CT molecular complexity index is 1020. The number of amides is 2. The van der Waals surface area contributed by atoms with Crippen molar-refractivity contribution >= 4 is 24.2 Å². The molecule has 0 aromatic heterocycles. The third kappa shape index (κ3) is 6.46. The summed E-state index contributed by atoms with van der Waals surface area (Å²) < 4.78 is 5.89. The standard InChI is InChI=1S/C29H39N3O4.ClH/c1-4-5-17-32-27(34)25(26(33)21(2)3)30-28(35)29(32)15-18-31(19-16-29)20-22-11-13-24(14-12-22)36-23-9-7-6-8-10-23;/h6-14,21,25-26,33H,4-5,15-20H2,1-3H3,(H,30,35);1H/t25-,26-;/m1./s1. The molecule has 0 unspecified atom stereocenters. The fourth-order valence-electron chi connectivity index (χ4n) is 5.22. The third-order valence-electron chi connectivity index (χ3n) is 7.51. The zero-order valence-corrected chi connectivity index (χ0v) is 22.9. The molecule has 37 heavy (non-hydrogen) atoms. The number of hydrogen-bond acceptors (Lipinski definition) is 5. The molecule has 2 heterocycles. The summed E-state index contributed by atoms with van der Waals surface area (Å²) in [7, 11) is 0. The molecular formula is C29H40ClN3O4. The van der Waals surface area contributed by atoms with E-state index in [4.69, 9.17) is 4.74 Å². The predicted molar refractivity (Wildman–Crippen MR) is 147 cm³/mol. The Morgan fingerprint density at radius 2 is 1.65 bits per heavy atom. The van der Waals surface area contributed by atoms with E-state index in [0.29, 0.717) is 19.4 Å². The predicted octanol–water partition coefficient (Wildman–Crippen LogP) is 4.38. The number of rotatable bonds is 9. The molecule has 1 spiro atoms. The lowest BCUT2D eigenvalue weighted by Crippen LogP contribution is -2.74. The zero-order valence-electron chi connectivity index (χ0n) is 22.1. The van der Waals surface area contributed by atoms with Crippen molar-refractivity contribution in [3.05, 3.63) is 60.2 Å². The van der Waals surface area contributed by atoms with Gasteiger partial charge in [0.15, 0.2) is 0 Å². The highest BCUT2D eigenvalue weighted by atomic mass is 35.5. The van der Waals surface area contributed by atoms with Crippen molar-refractivity contribution in [2.75, 3.05) is 19.6 Å². The summed E-state index contributed by atoms with van der Waals surface area (Å²) in [5, 5.41) is 13.5. The molecule has 2 aromatic carbocycles. The second-order valence-corrected chi connectivity index (χ2v) is 10.4. The average Bonchev–Trinajstić information content (AvgIpc) is 2.89. The summed E-state index contributed by atoms with van der Waals surface area (Å²) >= 11 is 0. The Balaban J connectivity index is 0.00000380. The molecule has 7 nitrogen and oxygen atoms in total. The highest BCUT2D eigenvalue weighted by Crippen LogP contribution is 2.35. The van der Waals surface area contributed by atoms with Crippen LogP contribution in [-0.2, 0) is 16.1 Å². The largest absolute Gasteiger partial charge is 0.457 e. The molecule has 0 radical (unpaired) electrons. The molecule has 2 amide bonds. The fourth-order valence-corrected chi connectivity index (χ4v) is 5.22. The molecule has 8 heteroatoms. The SMILES string of the molecule is CCCCN1C(=O)[C@@H]([C@H](O)C(C)C)NC(=O)C12CCN(Cc1ccc(Oc3ccccc3)cc1)CC2.Cl. The first-order valence-corrected chi connectivity index (χ1v) is 13.2. The van der Waals surface area contributed by atoms with Crippen LogP contribution < -0.4 is 10.1 Å². The van der Waals surface area contributed by atoms with E-state index < -0.39 is 17.7 Å². The molecule has 202 valence electrons. The van der Waals surface area contributed by atoms with Gasteiger partial charge in [-0.15, -0.1) is 12.4 Å². The van der Waals surface area contributed by atoms with Crippen LogP contribution in [0.15, 0.2) is 54.6 Å². The topological polar surface area (TPSA) is 82.1 Å². The second kappa shape index (κ2) is 12.8. The van der Waals surface area contributed by atoms with E-state index in [0.717, 1.165) is 44.0 Å². The van der Waals surface area contributed by atoms with Crippen molar-refractivity contribution < 1.29 is 19.4 Å². The maximum Gasteiger partial charge on any atom is 0.248 e. The van der Waals surface area contributed by atoms with Gasteiger partial charge < -0.3 is 20.1 Å². The van der Waals surface area contributed by atoms with Crippen LogP contribution in [0.4, 0.5) is 0 Å². The molecule has 2 aliphatic heterocycles. The zero-order chi connectivity index (χ0) is 25.7. The van der Waals surface area contributed by atoms with Crippen LogP contribution in [0.5, 0.6) is 11.5 Å². The summed E-state index contributed by atoms with van der Waals surface area (Å²) in [4.78, 5) is 31.0. The van der Waals surface area contributed by atoms with Crippen LogP contribution in [0, 0.1) is 5.92 Å². The first-order valence-electron chi connectivity index (χ1n) is 13.2. The minimum Gasteiger partial charge on any atom is -0.457 e. The molecule has 2 N–H and O–H groups in total. The number of hydrogen-bond donors (Lipinski definition) is 2. The number of para-hydroxylation sites is 1. The van der Waals surface area contributed by atoms with E-state index in [-0.39, 0.29) is 30.1 Å². The Hall–Kier alpha value is -2.61. The van der Waals surface area contributed by atoms with E-state index in [9.17, 15) is 14.7 Å². The van der Waals surface area contributed by atoms with Gasteiger partial charge in [-0.05, 0) is 55.0 Å². The molecule has 0 bridgehead atoms. The van der Waals surface area contributed by atoms with Gasteiger partial charge in [-0.25, -0.2) is 0 Å². The van der Waals surface area contributed by atoms with Gasteiger partial charge in [-0.1, -0.05) is 57.5 Å². The number of likely N-dealkylation sites (tertiary alicyclic amines) is 1. The molecular weight excluding hydrogens is 490 g/mol. The summed E-state index contributed by atoms with van der Waals surface area (Å²) in [5.41, 5.74) is 0.349. The van der Waals surface area contributed by atoms with Gasteiger partial charge in [-0.2, -0.15) is 0 Å². The molecule has 2 atom stereocenters. The second-order valence-electron chi connectivity index (χ2n) is 10.4. The molecule has 0 aliphatic carbocycles. The molecule has 2 fully saturated rings. The molecule has 4 rings (SSSR count). The van der Waals surface area contributed by atoms with Crippen molar-refractivity contribution in [3.63, 3.8) is 0 Å². The highest BCUT2D eigenvalue weighted by molar-refractivity contribution is 6.00. The number of unbranched alkanes of at least 4 members (excludes halogenated alkanes) is 1. The molecule has 2 saturated heterocycles. The van der Waals surface area contributed by atoms with Crippen LogP contribution in [0.3, 0.4) is 0 Å². The van der Waals surface area contributed by atoms with Gasteiger partial charge in [0.1, 0.15) is 23.1 Å². The van der Waals surface area contributed by atoms with E-state index in [1.54, 1.807) is 4.90 Å². The molecule has 2 aliphatic rings. The third-order valence-corrected chi connectivity index (χ3v) is 7.51. The van der Waals surface area contributed by atoms with Gasteiger partial charge in [0.2, 0.25) is 11.8 Å². The number of piperidine rings is 1. The van der Waals surface area contributed by atoms with E-state index >= 15 is 0 Å². The van der Waals surface area contributed by atoms with E-state index in [2.05, 4.69) is 29.3 Å². The van der Waals surface area contributed by atoms with Gasteiger partial charge in [-0.3, -0.25) is 14.5 Å². The van der Waals surface area contributed by atoms with Gasteiger partial charge in [0.25, 0.3) is 0 Å². The van der Waals surface area contributed by atoms with Crippen molar-refractivity contribution in [1.29, 1.82) is 0 Å². The van der Waals surface area contributed by atoms with Crippen molar-refractivity contribution in [1.82, 2.24) is 15.1 Å². The number of halogens is 1. The number of carbonyl (C=O) groups excluding carboxylic acids is 2. The number of nitrogens with one attached hydrogen (secondary N) is 1. The van der Waals surface area contributed by atoms with E-state index in [1.807, 2.05) is 56.3 Å². The number of ether oxygens (including phenoxy) is 1. The lowest BCUT2D eigenvalue weighted by molar-refractivity contribution is -0.165. The van der Waals surface area contributed by atoms with Crippen LogP contribution in [-0.4, -0.2) is 64.0 Å². The fraction of sp³-hybridized carbons (Fsp3) is 0.517. The number of piperazine rings is 1. The molecule has 0 saturated carbocycles. The lowest BCUT2D eigenvalue weighted by atomic mass is 9.80. The maximum absolute atomic E-state index is 13.5. The quantitative estimate of drug-likeness (QED) is 0.504. The smallest absolute Gasteiger partial charge is 0.248 e. The minimum absolute atomic E-state index is 0. The average molecular weight is 530 g/mol. The van der Waals surface area contributed by atoms with Crippen LogP contribution in [0.2, 0.25) is 0 Å². The summed E-state index contributed by atoms with van der Waals surface area (Å²) in [6, 6.07) is 17.0. The van der Waals surface area contributed by atoms with E-state index in [1.165, 1.54) is 5.56 Å². The van der Waals surface area contributed by atoms with Crippen LogP contribution in [0.1, 0.15) is 52.0 Å². The van der Waals surface area contributed by atoms with Crippen LogP contribution in [0.25, 0.3) is 0 Å². The lowest BCUT2D eigenvalue weighted by Gasteiger charge is -2.52. The van der Waals surface area contributed by atoms with Crippen molar-refractivity contribution in [2.24, 2.45) is 5.92 Å². The normalized spacial score (nSPS) is 20.5. The summed E-state index contributed by atoms with van der Waals surface area (Å²) in [6.45, 7) is 8.59. The Labute approximate surface area is 226 Å². The summed E-state index contributed by atoms with van der Waals surface area (Å²) in [5.74, 6) is 1.22.